The number of nitrogens with one attached hydrogen (secondary N) is 2. The van der Waals surface area contributed by atoms with Crippen molar-refractivity contribution in [1.29, 1.82) is 0 Å². The average Bonchev–Trinajstić information content (AvgIpc) is 3.25. The molecule has 7 nitrogen and oxygen atoms in total. The van der Waals surface area contributed by atoms with Crippen molar-refractivity contribution in [3.05, 3.63) is 41.3 Å². The Morgan fingerprint density at radius 2 is 2.03 bits per heavy atom. The molecule has 0 unspecified atom stereocenters. The van der Waals surface area contributed by atoms with Gasteiger partial charge in [-0.05, 0) is 55.3 Å². The van der Waals surface area contributed by atoms with Crippen LogP contribution in [0.4, 0.5) is 5.69 Å². The number of hydrogen-bond donors (Lipinski definition) is 3. The van der Waals surface area contributed by atoms with E-state index in [4.69, 9.17) is 9.94 Å². The molecule has 2 atom stereocenters. The predicted molar refractivity (Wildman–Crippen MR) is 122 cm³/mol. The second-order valence-corrected chi connectivity index (χ2v) is 10.1. The molecule has 1 saturated heterocycles. The molecular weight excluding hydrogens is 436 g/mol. The fourth-order valence-electron chi connectivity index (χ4n) is 3.61. The van der Waals surface area contributed by atoms with Crippen LogP contribution in [0.25, 0.3) is 10.4 Å². The molecule has 0 aliphatic carbocycles. The number of benzene rings is 1. The zero-order valence-corrected chi connectivity index (χ0v) is 19.1. The van der Waals surface area contributed by atoms with Gasteiger partial charge in [0.2, 0.25) is 5.91 Å². The van der Waals surface area contributed by atoms with E-state index in [9.17, 15) is 14.4 Å². The van der Waals surface area contributed by atoms with Crippen LogP contribution in [-0.2, 0) is 23.9 Å². The van der Waals surface area contributed by atoms with Gasteiger partial charge in [0.25, 0.3) is 5.91 Å². The number of rotatable bonds is 7. The van der Waals surface area contributed by atoms with Crippen molar-refractivity contribution < 1.29 is 24.3 Å². The van der Waals surface area contributed by atoms with Crippen molar-refractivity contribution >= 4 is 46.6 Å². The fraction of sp³-hybridized carbons (Fsp3) is 0.409. The van der Waals surface area contributed by atoms with E-state index in [-0.39, 0.29) is 17.1 Å². The van der Waals surface area contributed by atoms with Gasteiger partial charge in [0.1, 0.15) is 0 Å². The first-order valence-corrected chi connectivity index (χ1v) is 11.9. The Bertz CT molecular complexity index is 953. The lowest BCUT2D eigenvalue weighted by Gasteiger charge is -2.35. The summed E-state index contributed by atoms with van der Waals surface area (Å²) in [6, 6.07) is 11.5. The summed E-state index contributed by atoms with van der Waals surface area (Å²) in [6.07, 6.45) is 2.41. The Balaban J connectivity index is 1.80. The van der Waals surface area contributed by atoms with Crippen LogP contribution in [0.5, 0.6) is 0 Å². The van der Waals surface area contributed by atoms with Crippen LogP contribution >= 0.6 is 23.1 Å². The number of thioether (sulfide) groups is 1. The fourth-order valence-corrected chi connectivity index (χ4v) is 6.49. The Morgan fingerprint density at radius 1 is 1.23 bits per heavy atom. The van der Waals surface area contributed by atoms with Gasteiger partial charge in [0.05, 0.1) is 4.75 Å². The van der Waals surface area contributed by atoms with Gasteiger partial charge >= 0.3 is 5.97 Å². The number of amides is 2. The van der Waals surface area contributed by atoms with Crippen molar-refractivity contribution in [2.45, 2.75) is 50.4 Å². The summed E-state index contributed by atoms with van der Waals surface area (Å²) in [4.78, 5) is 37.4. The van der Waals surface area contributed by atoms with Crippen molar-refractivity contribution in [3.8, 4) is 10.4 Å². The zero-order valence-electron chi connectivity index (χ0n) is 17.5. The summed E-state index contributed by atoms with van der Waals surface area (Å²) in [5.41, 5.74) is 3.32. The van der Waals surface area contributed by atoms with E-state index in [1.807, 2.05) is 24.3 Å². The van der Waals surface area contributed by atoms with Crippen molar-refractivity contribution in [3.63, 3.8) is 0 Å². The number of esters is 1. The lowest BCUT2D eigenvalue weighted by Crippen LogP contribution is -2.32. The summed E-state index contributed by atoms with van der Waals surface area (Å²) in [7, 11) is 0. The highest BCUT2D eigenvalue weighted by molar-refractivity contribution is 8.00. The van der Waals surface area contributed by atoms with Gasteiger partial charge in [-0.25, -0.2) is 5.48 Å². The van der Waals surface area contributed by atoms with Crippen molar-refractivity contribution in [1.82, 2.24) is 5.48 Å². The standard InChI is InChI=1S/C22H26N2O5S2/c1-14(29-15(2)25)21(27)23-17-7-5-6-16(12-17)18-8-9-19(31-18)22(13-20(26)24-28)10-3-4-11-30-22/h5-9,12,14,28H,3-4,10-11,13H2,1-2H3,(H,23,27)(H,24,26)/t14-,22-/m0/s1. The van der Waals surface area contributed by atoms with Crippen molar-refractivity contribution in [2.24, 2.45) is 0 Å². The molecular formula is C22H26N2O5S2. The molecule has 0 saturated carbocycles. The summed E-state index contributed by atoms with van der Waals surface area (Å²) >= 11 is 3.40. The second kappa shape index (κ2) is 10.3. The maximum Gasteiger partial charge on any atom is 0.303 e. The minimum absolute atomic E-state index is 0.234. The Labute approximate surface area is 189 Å². The molecule has 0 bridgehead atoms. The number of carbonyl (C=O) groups excluding carboxylic acids is 3. The number of hydrogen-bond acceptors (Lipinski definition) is 7. The number of thiophene rings is 1. The summed E-state index contributed by atoms with van der Waals surface area (Å²) in [5, 5.41) is 11.8. The molecule has 0 spiro atoms. The molecule has 1 fully saturated rings. The quantitative estimate of drug-likeness (QED) is 0.322. The molecule has 31 heavy (non-hydrogen) atoms. The smallest absolute Gasteiger partial charge is 0.303 e. The van der Waals surface area contributed by atoms with E-state index >= 15 is 0 Å². The van der Waals surface area contributed by atoms with E-state index in [0.717, 1.165) is 40.3 Å². The molecule has 1 aromatic carbocycles. The first kappa shape index (κ1) is 23.3. The van der Waals surface area contributed by atoms with Gasteiger partial charge in [0.15, 0.2) is 6.10 Å². The minimum atomic E-state index is -0.879. The molecule has 2 amide bonds. The molecule has 1 aromatic heterocycles. The molecule has 3 N–H and O–H groups in total. The number of anilines is 1. The van der Waals surface area contributed by atoms with Gasteiger partial charge in [0, 0.05) is 28.8 Å². The van der Waals surface area contributed by atoms with Crippen LogP contribution in [0.15, 0.2) is 36.4 Å². The molecule has 9 heteroatoms. The molecule has 1 aliphatic heterocycles. The number of hydroxylamine groups is 1. The number of ether oxygens (including phenoxy) is 1. The summed E-state index contributed by atoms with van der Waals surface area (Å²) in [6.45, 7) is 2.79. The topological polar surface area (TPSA) is 105 Å². The SMILES string of the molecule is CC(=O)O[C@@H](C)C(=O)Nc1cccc(-c2ccc([C@@]3(CC(=O)NO)CCCCS3)s2)c1. The summed E-state index contributed by atoms with van der Waals surface area (Å²) < 4.78 is 4.59. The van der Waals surface area contributed by atoms with E-state index in [1.54, 1.807) is 34.6 Å². The molecule has 2 heterocycles. The molecule has 2 aromatic rings. The van der Waals surface area contributed by atoms with Crippen LogP contribution < -0.4 is 10.8 Å². The normalized spacial score (nSPS) is 19.3. The molecule has 0 radical (unpaired) electrons. The maximum atomic E-state index is 12.2. The van der Waals surface area contributed by atoms with Gasteiger partial charge < -0.3 is 10.1 Å². The zero-order chi connectivity index (χ0) is 22.4. The van der Waals surface area contributed by atoms with Gasteiger partial charge in [-0.3, -0.25) is 19.6 Å². The van der Waals surface area contributed by atoms with E-state index in [1.165, 1.54) is 13.8 Å². The Morgan fingerprint density at radius 3 is 2.71 bits per heavy atom. The van der Waals surface area contributed by atoms with Gasteiger partial charge in [-0.1, -0.05) is 18.6 Å². The maximum absolute atomic E-state index is 12.2. The lowest BCUT2D eigenvalue weighted by molar-refractivity contribution is -0.150. The van der Waals surface area contributed by atoms with Crippen molar-refractivity contribution in [2.75, 3.05) is 11.1 Å². The molecule has 1 aliphatic rings. The van der Waals surface area contributed by atoms with E-state index in [2.05, 4.69) is 11.4 Å². The number of carbonyl (C=O) groups is 3. The van der Waals surface area contributed by atoms with E-state index < -0.39 is 18.0 Å². The Hall–Kier alpha value is -2.36. The highest BCUT2D eigenvalue weighted by Crippen LogP contribution is 2.50. The third-order valence-electron chi connectivity index (χ3n) is 5.11. The third kappa shape index (κ3) is 5.87. The summed E-state index contributed by atoms with van der Waals surface area (Å²) in [5.74, 6) is -0.303. The average molecular weight is 463 g/mol. The monoisotopic (exact) mass is 462 g/mol. The highest BCUT2D eigenvalue weighted by atomic mass is 32.2. The second-order valence-electron chi connectivity index (χ2n) is 7.50. The van der Waals surface area contributed by atoms with Gasteiger partial charge in [-0.2, -0.15) is 0 Å². The third-order valence-corrected chi connectivity index (χ3v) is 8.19. The Kier molecular flexibility index (Phi) is 7.74. The largest absolute Gasteiger partial charge is 0.453 e. The van der Waals surface area contributed by atoms with Crippen LogP contribution in [0.2, 0.25) is 0 Å². The first-order chi connectivity index (χ1) is 14.8. The first-order valence-electron chi connectivity index (χ1n) is 10.1. The van der Waals surface area contributed by atoms with Gasteiger partial charge in [-0.15, -0.1) is 23.1 Å². The molecule has 166 valence electrons. The van der Waals surface area contributed by atoms with E-state index in [0.29, 0.717) is 5.69 Å². The van der Waals surface area contributed by atoms with Crippen LogP contribution in [0.1, 0.15) is 44.4 Å². The van der Waals surface area contributed by atoms with Crippen LogP contribution in [-0.4, -0.2) is 34.8 Å². The lowest BCUT2D eigenvalue weighted by atomic mass is 9.94. The minimum Gasteiger partial charge on any atom is -0.453 e. The highest BCUT2D eigenvalue weighted by Gasteiger charge is 2.38. The van der Waals surface area contributed by atoms with Crippen LogP contribution in [0.3, 0.4) is 0 Å². The van der Waals surface area contributed by atoms with Crippen LogP contribution in [0, 0.1) is 0 Å². The predicted octanol–water partition coefficient (Wildman–Crippen LogP) is 4.31. The molecule has 3 rings (SSSR count).